The molecule has 0 bridgehead atoms. The summed E-state index contributed by atoms with van der Waals surface area (Å²) in [5.74, 6) is 0. The van der Waals surface area contributed by atoms with Crippen LogP contribution in [0.1, 0.15) is 41.0 Å². The summed E-state index contributed by atoms with van der Waals surface area (Å²) in [7, 11) is 0. The van der Waals surface area contributed by atoms with Crippen LogP contribution in [0.2, 0.25) is 0 Å². The summed E-state index contributed by atoms with van der Waals surface area (Å²) in [4.78, 5) is 7.36. The molecule has 5 nitrogen and oxygen atoms in total. The molecule has 0 amide bonds. The average Bonchev–Trinajstić information content (AvgIpc) is 2.57. The molecule has 2 aliphatic heterocycles. The van der Waals surface area contributed by atoms with E-state index in [1.165, 1.54) is 13.1 Å². The predicted molar refractivity (Wildman–Crippen MR) is 96.9 cm³/mol. The van der Waals surface area contributed by atoms with Gasteiger partial charge < -0.3 is 9.47 Å². The van der Waals surface area contributed by atoms with Gasteiger partial charge in [-0.25, -0.2) is 0 Å². The van der Waals surface area contributed by atoms with Gasteiger partial charge in [-0.3, -0.25) is 14.7 Å². The Morgan fingerprint density at radius 1 is 0.826 bits per heavy atom. The van der Waals surface area contributed by atoms with Crippen LogP contribution < -0.4 is 0 Å². The molecular weight excluding hydrogens is 290 g/mol. The lowest BCUT2D eigenvalue weighted by Crippen LogP contribution is -2.49. The summed E-state index contributed by atoms with van der Waals surface area (Å²) >= 11 is 0. The second-order valence-electron chi connectivity index (χ2n) is 7.03. The molecule has 0 aromatic heterocycles. The van der Waals surface area contributed by atoms with Gasteiger partial charge in [-0.2, -0.15) is 0 Å². The minimum Gasteiger partial charge on any atom is -0.379 e. The van der Waals surface area contributed by atoms with E-state index in [9.17, 15) is 0 Å². The van der Waals surface area contributed by atoms with Gasteiger partial charge in [0.2, 0.25) is 0 Å². The quantitative estimate of drug-likeness (QED) is 0.696. The topological polar surface area (TPSA) is 28.2 Å². The van der Waals surface area contributed by atoms with Gasteiger partial charge in [-0.15, -0.1) is 0 Å². The Balaban J connectivity index is 0.000000253. The van der Waals surface area contributed by atoms with Gasteiger partial charge in [0.25, 0.3) is 0 Å². The number of rotatable bonds is 6. The molecule has 0 unspecified atom stereocenters. The van der Waals surface area contributed by atoms with Crippen LogP contribution in [0.15, 0.2) is 0 Å². The van der Waals surface area contributed by atoms with Gasteiger partial charge in [0.1, 0.15) is 0 Å². The van der Waals surface area contributed by atoms with E-state index in [2.05, 4.69) is 49.3 Å². The Kier molecular flexibility index (Phi) is 11.1. The van der Waals surface area contributed by atoms with Gasteiger partial charge in [-0.05, 0) is 34.1 Å². The standard InChI is InChI=1S/C11H24N2O.C7H15NO/c1-4-9-14-10-12-5-7-13(8-6-12)11(2)3;1-7(2)8-3-5-9-6-4-8/h11H,4-10H2,1-3H3;7H,3-6H2,1-2H3. The maximum atomic E-state index is 5.53. The molecule has 0 aliphatic carbocycles. The van der Waals surface area contributed by atoms with Crippen molar-refractivity contribution in [3.63, 3.8) is 0 Å². The van der Waals surface area contributed by atoms with Crippen LogP contribution in [-0.2, 0) is 9.47 Å². The lowest BCUT2D eigenvalue weighted by molar-refractivity contribution is -0.00268. The molecule has 2 aliphatic rings. The highest BCUT2D eigenvalue weighted by Gasteiger charge is 2.18. The Labute approximate surface area is 143 Å². The Bertz CT molecular complexity index is 273. The van der Waals surface area contributed by atoms with E-state index in [1.807, 2.05) is 0 Å². The predicted octanol–water partition coefficient (Wildman–Crippen LogP) is 2.12. The van der Waals surface area contributed by atoms with Crippen molar-refractivity contribution in [2.24, 2.45) is 0 Å². The number of hydrogen-bond acceptors (Lipinski definition) is 5. The van der Waals surface area contributed by atoms with Crippen LogP contribution in [0.25, 0.3) is 0 Å². The van der Waals surface area contributed by atoms with E-state index in [0.29, 0.717) is 12.1 Å². The van der Waals surface area contributed by atoms with Gasteiger partial charge >= 0.3 is 0 Å². The smallest absolute Gasteiger partial charge is 0.0991 e. The van der Waals surface area contributed by atoms with Crippen LogP contribution in [0.5, 0.6) is 0 Å². The first-order valence-corrected chi connectivity index (χ1v) is 9.40. The number of hydrogen-bond donors (Lipinski definition) is 0. The van der Waals surface area contributed by atoms with Crippen molar-refractivity contribution in [3.05, 3.63) is 0 Å². The zero-order valence-electron chi connectivity index (χ0n) is 16.1. The monoisotopic (exact) mass is 329 g/mol. The number of morpholine rings is 1. The molecule has 0 atom stereocenters. The molecule has 0 saturated carbocycles. The van der Waals surface area contributed by atoms with Crippen molar-refractivity contribution in [1.29, 1.82) is 0 Å². The minimum atomic E-state index is 0.689. The third-order valence-corrected chi connectivity index (χ3v) is 4.54. The second kappa shape index (κ2) is 12.2. The average molecular weight is 330 g/mol. The zero-order chi connectivity index (χ0) is 17.1. The van der Waals surface area contributed by atoms with Crippen molar-refractivity contribution in [2.75, 3.05) is 65.8 Å². The van der Waals surface area contributed by atoms with Crippen LogP contribution >= 0.6 is 0 Å². The van der Waals surface area contributed by atoms with E-state index in [0.717, 1.165) is 59.2 Å². The highest BCUT2D eigenvalue weighted by molar-refractivity contribution is 4.72. The number of ether oxygens (including phenoxy) is 2. The first-order chi connectivity index (χ1) is 11.0. The van der Waals surface area contributed by atoms with Gasteiger partial charge in [0.15, 0.2) is 0 Å². The van der Waals surface area contributed by atoms with Crippen LogP contribution in [0.3, 0.4) is 0 Å². The SMILES string of the molecule is CC(C)N1CCOCC1.CCCOCN1CCN(C(C)C)CC1. The summed E-state index contributed by atoms with van der Waals surface area (Å²) in [5.41, 5.74) is 0. The molecule has 23 heavy (non-hydrogen) atoms. The summed E-state index contributed by atoms with van der Waals surface area (Å²) in [5, 5.41) is 0. The molecule has 2 saturated heterocycles. The highest BCUT2D eigenvalue weighted by atomic mass is 16.5. The van der Waals surface area contributed by atoms with E-state index in [-0.39, 0.29) is 0 Å². The number of nitrogens with zero attached hydrogens (tertiary/aromatic N) is 3. The van der Waals surface area contributed by atoms with Crippen LogP contribution in [-0.4, -0.2) is 92.6 Å². The molecule has 0 spiro atoms. The molecule has 2 rings (SSSR count). The fourth-order valence-corrected chi connectivity index (χ4v) is 2.84. The molecular formula is C18H39N3O2. The fourth-order valence-electron chi connectivity index (χ4n) is 2.84. The summed E-state index contributed by atoms with van der Waals surface area (Å²) in [6, 6.07) is 1.38. The molecule has 2 fully saturated rings. The summed E-state index contributed by atoms with van der Waals surface area (Å²) < 4.78 is 10.7. The molecule has 0 aromatic rings. The largest absolute Gasteiger partial charge is 0.379 e. The van der Waals surface area contributed by atoms with Crippen molar-refractivity contribution in [3.8, 4) is 0 Å². The Hall–Kier alpha value is -0.200. The van der Waals surface area contributed by atoms with E-state index in [1.54, 1.807) is 0 Å². The molecule has 2 heterocycles. The molecule has 5 heteroatoms. The van der Waals surface area contributed by atoms with Crippen LogP contribution in [0, 0.1) is 0 Å². The highest BCUT2D eigenvalue weighted by Crippen LogP contribution is 2.05. The van der Waals surface area contributed by atoms with Crippen LogP contribution in [0.4, 0.5) is 0 Å². The summed E-state index contributed by atoms with van der Waals surface area (Å²) in [6.07, 6.45) is 1.12. The normalized spacial score (nSPS) is 21.5. The third-order valence-electron chi connectivity index (χ3n) is 4.54. The van der Waals surface area contributed by atoms with Crippen molar-refractivity contribution in [1.82, 2.24) is 14.7 Å². The maximum Gasteiger partial charge on any atom is 0.0991 e. The lowest BCUT2D eigenvalue weighted by Gasteiger charge is -2.36. The van der Waals surface area contributed by atoms with Crippen molar-refractivity contribution >= 4 is 0 Å². The first-order valence-electron chi connectivity index (χ1n) is 9.40. The molecule has 0 radical (unpaired) electrons. The van der Waals surface area contributed by atoms with Gasteiger partial charge in [0.05, 0.1) is 19.9 Å². The summed E-state index contributed by atoms with van der Waals surface area (Å²) in [6.45, 7) is 21.6. The second-order valence-corrected chi connectivity index (χ2v) is 7.03. The van der Waals surface area contributed by atoms with Crippen molar-refractivity contribution < 1.29 is 9.47 Å². The van der Waals surface area contributed by atoms with Crippen molar-refractivity contribution in [2.45, 2.75) is 53.1 Å². The number of piperazine rings is 1. The zero-order valence-corrected chi connectivity index (χ0v) is 16.1. The van der Waals surface area contributed by atoms with Gasteiger partial charge in [-0.1, -0.05) is 6.92 Å². The van der Waals surface area contributed by atoms with E-state index in [4.69, 9.17) is 9.47 Å². The van der Waals surface area contributed by atoms with E-state index >= 15 is 0 Å². The van der Waals surface area contributed by atoms with E-state index < -0.39 is 0 Å². The fraction of sp³-hybridized carbons (Fsp3) is 1.00. The minimum absolute atomic E-state index is 0.689. The molecule has 0 N–H and O–H groups in total. The molecule has 0 aromatic carbocycles. The first kappa shape index (κ1) is 20.8. The lowest BCUT2D eigenvalue weighted by atomic mass is 10.2. The van der Waals surface area contributed by atoms with Gasteiger partial charge in [0, 0.05) is 58.0 Å². The Morgan fingerprint density at radius 3 is 1.78 bits per heavy atom. The Morgan fingerprint density at radius 2 is 1.35 bits per heavy atom. The maximum absolute atomic E-state index is 5.53. The molecule has 138 valence electrons. The third kappa shape index (κ3) is 9.01.